The predicted molar refractivity (Wildman–Crippen MR) is 60.8 cm³/mol. The number of carbonyl (C=O) groups is 1. The van der Waals surface area contributed by atoms with Gasteiger partial charge in [0.25, 0.3) is 0 Å². The normalized spacial score (nSPS) is 10.5. The lowest BCUT2D eigenvalue weighted by Crippen LogP contribution is -2.17. The number of carboxylic acid groups (broad SMARTS) is 1. The number of nitriles is 1. The summed E-state index contributed by atoms with van der Waals surface area (Å²) < 4.78 is 24.6. The van der Waals surface area contributed by atoms with E-state index in [1.165, 1.54) is 24.3 Å². The van der Waals surface area contributed by atoms with E-state index in [0.29, 0.717) is 0 Å². The van der Waals surface area contributed by atoms with Crippen LogP contribution in [-0.2, 0) is 10.0 Å². The fraction of sp³-hybridized carbons (Fsp3) is 0.111. The highest BCUT2D eigenvalue weighted by atomic mass is 32.2. The van der Waals surface area contributed by atoms with Crippen LogP contribution in [0.25, 0.3) is 0 Å². The molecule has 0 aliphatic carbocycles. The number of hydrogen-bond acceptors (Lipinski definition) is 5. The number of aromatic carboxylic acids is 1. The first-order chi connectivity index (χ1) is 7.85. The van der Waals surface area contributed by atoms with Gasteiger partial charge < -0.3 is 10.8 Å². The van der Waals surface area contributed by atoms with E-state index < -0.39 is 21.7 Å². The molecular formula is C9H9N3O4S. The fourth-order valence-corrected chi connectivity index (χ4v) is 1.87. The van der Waals surface area contributed by atoms with Gasteiger partial charge >= 0.3 is 5.97 Å². The Bertz CT molecular complexity index is 589. The summed E-state index contributed by atoms with van der Waals surface area (Å²) in [5.74, 6) is -2.06. The largest absolute Gasteiger partial charge is 0.478 e. The fourth-order valence-electron chi connectivity index (χ4n) is 1.12. The molecule has 0 radical (unpaired) electrons. The number of nitrogens with two attached hydrogens (primary N) is 1. The van der Waals surface area contributed by atoms with Crippen LogP contribution in [0.1, 0.15) is 10.4 Å². The molecule has 1 rings (SSSR count). The van der Waals surface area contributed by atoms with Gasteiger partial charge in [0.2, 0.25) is 10.0 Å². The summed E-state index contributed by atoms with van der Waals surface area (Å²) >= 11 is 0. The summed E-state index contributed by atoms with van der Waals surface area (Å²) in [4.78, 5) is 10.8. The first-order valence-electron chi connectivity index (χ1n) is 4.36. The average Bonchev–Trinajstić information content (AvgIpc) is 2.15. The highest BCUT2D eigenvalue weighted by Gasteiger charge is 2.16. The number of rotatable bonds is 4. The molecule has 1 aromatic rings. The molecule has 0 bridgehead atoms. The zero-order valence-electron chi connectivity index (χ0n) is 8.54. The molecule has 0 fully saturated rings. The van der Waals surface area contributed by atoms with E-state index >= 15 is 0 Å². The van der Waals surface area contributed by atoms with E-state index in [-0.39, 0.29) is 16.9 Å². The minimum atomic E-state index is -3.89. The zero-order valence-corrected chi connectivity index (χ0v) is 9.36. The number of carboxylic acids is 1. The van der Waals surface area contributed by atoms with Gasteiger partial charge in [-0.05, 0) is 18.2 Å². The molecular weight excluding hydrogens is 246 g/mol. The Morgan fingerprint density at radius 3 is 2.71 bits per heavy atom. The van der Waals surface area contributed by atoms with Gasteiger partial charge in [-0.2, -0.15) is 5.26 Å². The van der Waals surface area contributed by atoms with E-state index in [2.05, 4.69) is 0 Å². The molecule has 0 heterocycles. The van der Waals surface area contributed by atoms with Gasteiger partial charge in [-0.25, -0.2) is 13.2 Å². The van der Waals surface area contributed by atoms with Gasteiger partial charge in [-0.15, -0.1) is 0 Å². The Morgan fingerprint density at radius 2 is 2.18 bits per heavy atom. The molecule has 0 atom stereocenters. The monoisotopic (exact) mass is 255 g/mol. The molecule has 0 unspecified atom stereocenters. The number of benzene rings is 1. The lowest BCUT2D eigenvalue weighted by molar-refractivity contribution is 0.0698. The topological polar surface area (TPSA) is 133 Å². The standard InChI is InChI=1S/C9H9N3O4S/c10-3-4-17(15,16)12-8-5-6(11)1-2-7(8)9(13)14/h1-2,5,12H,4,11H2,(H,13,14). The molecule has 8 heteroatoms. The number of anilines is 2. The number of nitrogens with one attached hydrogen (secondary N) is 1. The molecule has 0 aliphatic rings. The van der Waals surface area contributed by atoms with Crippen molar-refractivity contribution in [3.05, 3.63) is 23.8 Å². The first-order valence-corrected chi connectivity index (χ1v) is 6.01. The van der Waals surface area contributed by atoms with Gasteiger partial charge in [0, 0.05) is 5.69 Å². The summed E-state index contributed by atoms with van der Waals surface area (Å²) in [5.41, 5.74) is 5.25. The van der Waals surface area contributed by atoms with Crippen molar-refractivity contribution >= 4 is 27.4 Å². The predicted octanol–water partition coefficient (Wildman–Crippen LogP) is 0.232. The van der Waals surface area contributed by atoms with Crippen LogP contribution in [-0.4, -0.2) is 25.2 Å². The van der Waals surface area contributed by atoms with Crippen molar-refractivity contribution < 1.29 is 18.3 Å². The van der Waals surface area contributed by atoms with Crippen molar-refractivity contribution in [3.8, 4) is 6.07 Å². The highest BCUT2D eigenvalue weighted by molar-refractivity contribution is 7.92. The van der Waals surface area contributed by atoms with Crippen LogP contribution >= 0.6 is 0 Å². The maximum Gasteiger partial charge on any atom is 0.337 e. The maximum atomic E-state index is 11.3. The van der Waals surface area contributed by atoms with Crippen LogP contribution in [0.2, 0.25) is 0 Å². The van der Waals surface area contributed by atoms with Crippen LogP contribution in [0.15, 0.2) is 18.2 Å². The zero-order chi connectivity index (χ0) is 13.1. The van der Waals surface area contributed by atoms with Crippen LogP contribution < -0.4 is 10.5 Å². The minimum Gasteiger partial charge on any atom is -0.478 e. The lowest BCUT2D eigenvalue weighted by Gasteiger charge is -2.09. The van der Waals surface area contributed by atoms with Crippen molar-refractivity contribution in [1.29, 1.82) is 5.26 Å². The van der Waals surface area contributed by atoms with Crippen LogP contribution in [0, 0.1) is 11.3 Å². The minimum absolute atomic E-state index is 0.159. The van der Waals surface area contributed by atoms with Crippen molar-refractivity contribution in [3.63, 3.8) is 0 Å². The van der Waals surface area contributed by atoms with E-state index in [9.17, 15) is 13.2 Å². The average molecular weight is 255 g/mol. The van der Waals surface area contributed by atoms with E-state index in [4.69, 9.17) is 16.1 Å². The molecule has 90 valence electrons. The second kappa shape index (κ2) is 4.71. The van der Waals surface area contributed by atoms with Gasteiger partial charge in [-0.3, -0.25) is 4.72 Å². The highest BCUT2D eigenvalue weighted by Crippen LogP contribution is 2.20. The van der Waals surface area contributed by atoms with E-state index in [1.54, 1.807) is 0 Å². The summed E-state index contributed by atoms with van der Waals surface area (Å²) in [6.45, 7) is 0. The second-order valence-corrected chi connectivity index (χ2v) is 4.85. The SMILES string of the molecule is N#CCS(=O)(=O)Nc1cc(N)ccc1C(=O)O. The lowest BCUT2D eigenvalue weighted by atomic mass is 10.1. The van der Waals surface area contributed by atoms with E-state index in [0.717, 1.165) is 0 Å². The van der Waals surface area contributed by atoms with Crippen molar-refractivity contribution in [2.75, 3.05) is 16.2 Å². The smallest absolute Gasteiger partial charge is 0.337 e. The summed E-state index contributed by atoms with van der Waals surface area (Å²) in [7, 11) is -3.89. The third kappa shape index (κ3) is 3.35. The number of hydrogen-bond donors (Lipinski definition) is 3. The molecule has 7 nitrogen and oxygen atoms in total. The van der Waals surface area contributed by atoms with Crippen LogP contribution in [0.3, 0.4) is 0 Å². The van der Waals surface area contributed by atoms with Crippen molar-refractivity contribution in [2.45, 2.75) is 0 Å². The molecule has 0 amide bonds. The van der Waals surface area contributed by atoms with E-state index in [1.807, 2.05) is 4.72 Å². The molecule has 0 saturated heterocycles. The molecule has 1 aromatic carbocycles. The Kier molecular flexibility index (Phi) is 3.55. The molecule has 0 aromatic heterocycles. The quantitative estimate of drug-likeness (QED) is 0.659. The number of nitrogens with zero attached hydrogens (tertiary/aromatic N) is 1. The van der Waals surface area contributed by atoms with Gasteiger partial charge in [0.15, 0.2) is 5.75 Å². The van der Waals surface area contributed by atoms with Gasteiger partial charge in [0.1, 0.15) is 0 Å². The molecule has 17 heavy (non-hydrogen) atoms. The Balaban J connectivity index is 3.18. The third-order valence-electron chi connectivity index (χ3n) is 1.79. The molecule has 0 aliphatic heterocycles. The van der Waals surface area contributed by atoms with Gasteiger partial charge in [0.05, 0.1) is 17.3 Å². The second-order valence-electron chi connectivity index (χ2n) is 3.13. The molecule has 0 spiro atoms. The number of nitrogen functional groups attached to an aromatic ring is 1. The Morgan fingerprint density at radius 1 is 1.53 bits per heavy atom. The number of sulfonamides is 1. The Labute approximate surface area is 97.5 Å². The summed E-state index contributed by atoms with van der Waals surface area (Å²) in [6.07, 6.45) is 0. The molecule has 4 N–H and O–H groups in total. The maximum absolute atomic E-state index is 11.3. The first kappa shape index (κ1) is 12.8. The molecule has 0 saturated carbocycles. The van der Waals surface area contributed by atoms with Crippen LogP contribution in [0.4, 0.5) is 11.4 Å². The summed E-state index contributed by atoms with van der Waals surface area (Å²) in [6, 6.07) is 5.16. The Hall–Kier alpha value is -2.27. The summed E-state index contributed by atoms with van der Waals surface area (Å²) in [5, 5.41) is 17.1. The van der Waals surface area contributed by atoms with Crippen molar-refractivity contribution in [1.82, 2.24) is 0 Å². The van der Waals surface area contributed by atoms with Crippen LogP contribution in [0.5, 0.6) is 0 Å². The van der Waals surface area contributed by atoms with Crippen molar-refractivity contribution in [2.24, 2.45) is 0 Å². The third-order valence-corrected chi connectivity index (χ3v) is 2.83. The van der Waals surface area contributed by atoms with Gasteiger partial charge in [-0.1, -0.05) is 0 Å².